The van der Waals surface area contributed by atoms with E-state index >= 15 is 0 Å². The fourth-order valence-electron chi connectivity index (χ4n) is 2.95. The Morgan fingerprint density at radius 1 is 1.28 bits per heavy atom. The second-order valence-electron chi connectivity index (χ2n) is 6.19. The Morgan fingerprint density at radius 3 is 2.60 bits per heavy atom. The molecule has 0 bridgehead atoms. The number of hydrogen-bond acceptors (Lipinski definition) is 5. The standard InChI is InChI=1S/C15H18FN3O4S2/c1-10-7-12(16)3-4-14(10)25(22,23)18-15-8-11(2)17-19(15)13-5-6-24(20,21)9-13/h3-4,7-8,13,18H,5-6,9H2,1-2H3/t13-/m1/s1. The molecule has 1 aromatic heterocycles. The fourth-order valence-corrected chi connectivity index (χ4v) is 5.91. The van der Waals surface area contributed by atoms with E-state index in [1.165, 1.54) is 17.7 Å². The van der Waals surface area contributed by atoms with E-state index in [2.05, 4.69) is 9.82 Å². The number of halogens is 1. The summed E-state index contributed by atoms with van der Waals surface area (Å²) in [6.45, 7) is 3.20. The van der Waals surface area contributed by atoms with E-state index in [1.807, 2.05) is 0 Å². The summed E-state index contributed by atoms with van der Waals surface area (Å²) in [5.41, 5.74) is 0.844. The molecular weight excluding hydrogens is 369 g/mol. The minimum Gasteiger partial charge on any atom is -0.264 e. The second kappa shape index (κ2) is 6.10. The van der Waals surface area contributed by atoms with E-state index in [1.54, 1.807) is 13.0 Å². The molecule has 0 radical (unpaired) electrons. The van der Waals surface area contributed by atoms with Crippen molar-refractivity contribution in [3.8, 4) is 0 Å². The van der Waals surface area contributed by atoms with Crippen LogP contribution in [0.1, 0.15) is 23.7 Å². The molecule has 0 amide bonds. The zero-order chi connectivity index (χ0) is 18.4. The monoisotopic (exact) mass is 387 g/mol. The van der Waals surface area contributed by atoms with Gasteiger partial charge in [0.1, 0.15) is 11.6 Å². The molecule has 2 heterocycles. The van der Waals surface area contributed by atoms with Crippen molar-refractivity contribution >= 4 is 25.7 Å². The number of hydrogen-bond donors (Lipinski definition) is 1. The number of benzene rings is 1. The van der Waals surface area contributed by atoms with Gasteiger partial charge < -0.3 is 0 Å². The number of aryl methyl sites for hydroxylation is 2. The van der Waals surface area contributed by atoms with Crippen molar-refractivity contribution < 1.29 is 21.2 Å². The summed E-state index contributed by atoms with van der Waals surface area (Å²) in [6.07, 6.45) is 0.383. The van der Waals surface area contributed by atoms with Crippen LogP contribution in [0.4, 0.5) is 10.2 Å². The Bertz CT molecular complexity index is 1030. The molecule has 1 saturated heterocycles. The van der Waals surface area contributed by atoms with Gasteiger partial charge in [-0.1, -0.05) is 0 Å². The summed E-state index contributed by atoms with van der Waals surface area (Å²) in [5, 5.41) is 4.24. The first-order chi connectivity index (χ1) is 11.6. The van der Waals surface area contributed by atoms with Crippen LogP contribution in [0.15, 0.2) is 29.2 Å². The molecule has 1 atom stereocenters. The summed E-state index contributed by atoms with van der Waals surface area (Å²) in [6, 6.07) is 4.54. The molecule has 2 aromatic rings. The minimum atomic E-state index is -3.96. The van der Waals surface area contributed by atoms with Gasteiger partial charge in [-0.05, 0) is 44.0 Å². The molecular formula is C15H18FN3O4S2. The minimum absolute atomic E-state index is 0.0432. The number of anilines is 1. The van der Waals surface area contributed by atoms with Gasteiger partial charge in [-0.15, -0.1) is 0 Å². The van der Waals surface area contributed by atoms with Gasteiger partial charge in [0.15, 0.2) is 9.84 Å². The lowest BCUT2D eigenvalue weighted by molar-refractivity contribution is 0.503. The van der Waals surface area contributed by atoms with Gasteiger partial charge >= 0.3 is 0 Å². The summed E-state index contributed by atoms with van der Waals surface area (Å²) < 4.78 is 65.8. The predicted molar refractivity (Wildman–Crippen MR) is 91.2 cm³/mol. The highest BCUT2D eigenvalue weighted by molar-refractivity contribution is 7.92. The first-order valence-electron chi connectivity index (χ1n) is 7.63. The van der Waals surface area contributed by atoms with Crippen molar-refractivity contribution in [2.75, 3.05) is 16.2 Å². The predicted octanol–water partition coefficient (Wildman–Crippen LogP) is 1.80. The summed E-state index contributed by atoms with van der Waals surface area (Å²) in [4.78, 5) is -0.0432. The van der Waals surface area contributed by atoms with E-state index in [0.717, 1.165) is 12.1 Å². The molecule has 25 heavy (non-hydrogen) atoms. The molecule has 0 saturated carbocycles. The topological polar surface area (TPSA) is 98.1 Å². The Labute approximate surface area is 145 Å². The van der Waals surface area contributed by atoms with Crippen molar-refractivity contribution in [3.63, 3.8) is 0 Å². The zero-order valence-corrected chi connectivity index (χ0v) is 15.4. The molecule has 1 aliphatic heterocycles. The SMILES string of the molecule is Cc1cc(NS(=O)(=O)c2ccc(F)cc2C)n([C@@H]2CCS(=O)(=O)C2)n1. The first kappa shape index (κ1) is 17.9. The van der Waals surface area contributed by atoms with Crippen LogP contribution < -0.4 is 4.72 Å². The number of nitrogens with one attached hydrogen (secondary N) is 1. The average Bonchev–Trinajstić information content (AvgIpc) is 3.00. The van der Waals surface area contributed by atoms with E-state index in [-0.39, 0.29) is 27.8 Å². The van der Waals surface area contributed by atoms with E-state index in [0.29, 0.717) is 12.1 Å². The van der Waals surface area contributed by atoms with Crippen LogP contribution in [-0.4, -0.2) is 38.1 Å². The second-order valence-corrected chi connectivity index (χ2v) is 10.1. The molecule has 10 heteroatoms. The average molecular weight is 387 g/mol. The Kier molecular flexibility index (Phi) is 4.36. The first-order valence-corrected chi connectivity index (χ1v) is 10.9. The van der Waals surface area contributed by atoms with Crippen molar-refractivity contribution in [2.24, 2.45) is 0 Å². The Morgan fingerprint density at radius 2 is 2.00 bits per heavy atom. The zero-order valence-electron chi connectivity index (χ0n) is 13.7. The van der Waals surface area contributed by atoms with Crippen LogP contribution in [0.2, 0.25) is 0 Å². The molecule has 0 unspecified atom stereocenters. The lowest BCUT2D eigenvalue weighted by Crippen LogP contribution is -2.20. The molecule has 136 valence electrons. The summed E-state index contributed by atoms with van der Waals surface area (Å²) in [7, 11) is -7.09. The van der Waals surface area contributed by atoms with Crippen molar-refractivity contribution in [1.82, 2.24) is 9.78 Å². The summed E-state index contributed by atoms with van der Waals surface area (Å²) in [5.74, 6) is -0.338. The third-order valence-corrected chi connectivity index (χ3v) is 7.34. The third-order valence-electron chi connectivity index (χ3n) is 4.08. The molecule has 0 aliphatic carbocycles. The highest BCUT2D eigenvalue weighted by atomic mass is 32.2. The maximum Gasteiger partial charge on any atom is 0.263 e. The smallest absolute Gasteiger partial charge is 0.263 e. The Hall–Kier alpha value is -1.94. The van der Waals surface area contributed by atoms with Crippen molar-refractivity contribution in [2.45, 2.75) is 31.2 Å². The molecule has 1 fully saturated rings. The lowest BCUT2D eigenvalue weighted by atomic mass is 10.2. The number of sulfonamides is 1. The van der Waals surface area contributed by atoms with Crippen LogP contribution in [0.25, 0.3) is 0 Å². The number of rotatable bonds is 4. The van der Waals surface area contributed by atoms with Gasteiger partial charge in [-0.3, -0.25) is 4.72 Å². The third kappa shape index (κ3) is 3.69. The van der Waals surface area contributed by atoms with Gasteiger partial charge in [0.2, 0.25) is 0 Å². The van der Waals surface area contributed by atoms with Gasteiger partial charge in [-0.2, -0.15) is 5.10 Å². The van der Waals surface area contributed by atoms with Crippen LogP contribution >= 0.6 is 0 Å². The fraction of sp³-hybridized carbons (Fsp3) is 0.400. The van der Waals surface area contributed by atoms with Crippen molar-refractivity contribution in [3.05, 3.63) is 41.3 Å². The maximum absolute atomic E-state index is 13.2. The maximum atomic E-state index is 13.2. The molecule has 1 aromatic carbocycles. The van der Waals surface area contributed by atoms with Gasteiger partial charge in [-0.25, -0.2) is 25.9 Å². The normalized spacial score (nSPS) is 19.9. The molecule has 1 N–H and O–H groups in total. The number of aromatic nitrogens is 2. The van der Waals surface area contributed by atoms with E-state index < -0.39 is 31.7 Å². The quantitative estimate of drug-likeness (QED) is 0.863. The lowest BCUT2D eigenvalue weighted by Gasteiger charge is -2.15. The molecule has 3 rings (SSSR count). The van der Waals surface area contributed by atoms with Crippen LogP contribution in [-0.2, 0) is 19.9 Å². The van der Waals surface area contributed by atoms with Crippen LogP contribution in [0.5, 0.6) is 0 Å². The highest BCUT2D eigenvalue weighted by Crippen LogP contribution is 2.28. The van der Waals surface area contributed by atoms with Gasteiger partial charge in [0.25, 0.3) is 10.0 Å². The van der Waals surface area contributed by atoms with E-state index in [9.17, 15) is 21.2 Å². The van der Waals surface area contributed by atoms with Gasteiger partial charge in [0.05, 0.1) is 28.1 Å². The number of sulfone groups is 1. The van der Waals surface area contributed by atoms with E-state index in [4.69, 9.17) is 0 Å². The summed E-state index contributed by atoms with van der Waals surface area (Å²) >= 11 is 0. The molecule has 1 aliphatic rings. The highest BCUT2D eigenvalue weighted by Gasteiger charge is 2.32. The van der Waals surface area contributed by atoms with Crippen LogP contribution in [0.3, 0.4) is 0 Å². The van der Waals surface area contributed by atoms with Gasteiger partial charge in [0, 0.05) is 6.07 Å². The molecule has 7 nitrogen and oxygen atoms in total. The number of nitrogens with zero attached hydrogens (tertiary/aromatic N) is 2. The van der Waals surface area contributed by atoms with Crippen molar-refractivity contribution in [1.29, 1.82) is 0 Å². The Balaban J connectivity index is 1.95. The van der Waals surface area contributed by atoms with Crippen LogP contribution in [0, 0.1) is 19.7 Å². The molecule has 0 spiro atoms. The largest absolute Gasteiger partial charge is 0.264 e.